The lowest BCUT2D eigenvalue weighted by Crippen LogP contribution is -2.25. The number of anilines is 1. The van der Waals surface area contributed by atoms with Crippen LogP contribution >= 0.6 is 0 Å². The molecule has 0 saturated carbocycles. The van der Waals surface area contributed by atoms with E-state index in [1.165, 1.54) is 12.1 Å². The van der Waals surface area contributed by atoms with Gasteiger partial charge < -0.3 is 20.1 Å². The molecule has 1 amide bonds. The number of carbonyl (C=O) groups excluding carboxylic acids is 1. The maximum Gasteiger partial charge on any atom is 0.259 e. The Morgan fingerprint density at radius 1 is 1.05 bits per heavy atom. The number of nitrogens with one attached hydrogen (secondary N) is 2. The van der Waals surface area contributed by atoms with Crippen molar-refractivity contribution in [1.29, 1.82) is 0 Å². The van der Waals surface area contributed by atoms with Crippen LogP contribution in [0.3, 0.4) is 0 Å². The van der Waals surface area contributed by atoms with Crippen molar-refractivity contribution in [3.8, 4) is 22.5 Å². The van der Waals surface area contributed by atoms with Crippen molar-refractivity contribution >= 4 is 22.8 Å². The number of carbonyl (C=O) groups is 1. The molecule has 41 heavy (non-hydrogen) atoms. The van der Waals surface area contributed by atoms with E-state index in [1.54, 1.807) is 24.5 Å². The Kier molecular flexibility index (Phi) is 6.84. The molecule has 1 aliphatic rings. The number of pyridine rings is 3. The first-order valence-electron chi connectivity index (χ1n) is 13.4. The summed E-state index contributed by atoms with van der Waals surface area (Å²) in [6, 6.07) is 14.2. The molecule has 0 spiro atoms. The first-order chi connectivity index (χ1) is 19.7. The molecule has 0 atom stereocenters. The van der Waals surface area contributed by atoms with Crippen molar-refractivity contribution in [2.75, 3.05) is 18.5 Å². The number of aliphatic hydroxyl groups excluding tert-OH is 1. The van der Waals surface area contributed by atoms with Gasteiger partial charge in [-0.2, -0.15) is 0 Å². The lowest BCUT2D eigenvalue weighted by molar-refractivity contribution is 0.00830. The third-order valence-electron chi connectivity index (χ3n) is 7.52. The number of nitrogens with zero attached hydrogens (tertiary/aromatic N) is 3. The summed E-state index contributed by atoms with van der Waals surface area (Å²) in [7, 11) is 0. The molecule has 4 aromatic heterocycles. The number of aromatic nitrogens is 4. The van der Waals surface area contributed by atoms with Crippen molar-refractivity contribution in [2.45, 2.75) is 38.7 Å². The van der Waals surface area contributed by atoms with E-state index in [2.05, 4.69) is 31.3 Å². The second kappa shape index (κ2) is 10.5. The van der Waals surface area contributed by atoms with Gasteiger partial charge in [-0.05, 0) is 64.1 Å². The van der Waals surface area contributed by atoms with Crippen LogP contribution in [0.2, 0.25) is 0 Å². The normalized spacial score (nSPS) is 13.8. The van der Waals surface area contributed by atoms with E-state index in [0.29, 0.717) is 22.7 Å². The van der Waals surface area contributed by atoms with Crippen molar-refractivity contribution in [1.82, 2.24) is 19.9 Å². The molecular formula is C32H30FN5O3. The summed E-state index contributed by atoms with van der Waals surface area (Å²) in [6.45, 7) is 6.99. The summed E-state index contributed by atoms with van der Waals surface area (Å²) < 4.78 is 20.2. The van der Waals surface area contributed by atoms with Crippen molar-refractivity contribution in [3.05, 3.63) is 95.2 Å². The van der Waals surface area contributed by atoms with Crippen LogP contribution in [0.5, 0.6) is 0 Å². The predicted octanol–water partition coefficient (Wildman–Crippen LogP) is 5.98. The number of halogens is 1. The van der Waals surface area contributed by atoms with Gasteiger partial charge in [0.25, 0.3) is 5.91 Å². The molecule has 1 aliphatic heterocycles. The fraction of sp³-hybridized carbons (Fsp3) is 0.250. The minimum Gasteiger partial charge on any atom is -0.392 e. The molecule has 5 aromatic rings. The summed E-state index contributed by atoms with van der Waals surface area (Å²) in [5.74, 6) is -0.707. The number of hydrogen-bond acceptors (Lipinski definition) is 6. The number of fused-ring (bicyclic) bond motifs is 1. The molecule has 0 bridgehead atoms. The number of ether oxygens (including phenoxy) is 1. The number of benzene rings is 1. The molecule has 0 radical (unpaired) electrons. The zero-order valence-electron chi connectivity index (χ0n) is 23.0. The minimum atomic E-state index is -0.644. The van der Waals surface area contributed by atoms with E-state index in [-0.39, 0.29) is 23.4 Å². The monoisotopic (exact) mass is 551 g/mol. The molecule has 0 unspecified atom stereocenters. The number of amides is 1. The van der Waals surface area contributed by atoms with Gasteiger partial charge in [0.2, 0.25) is 0 Å². The summed E-state index contributed by atoms with van der Waals surface area (Å²) in [5, 5.41) is 13.9. The van der Waals surface area contributed by atoms with E-state index in [4.69, 9.17) is 4.74 Å². The van der Waals surface area contributed by atoms with Gasteiger partial charge in [-0.25, -0.2) is 14.4 Å². The highest BCUT2D eigenvalue weighted by Gasteiger charge is 2.22. The smallest absolute Gasteiger partial charge is 0.259 e. The summed E-state index contributed by atoms with van der Waals surface area (Å²) >= 11 is 0. The molecule has 5 heterocycles. The topological polar surface area (TPSA) is 113 Å². The van der Waals surface area contributed by atoms with Gasteiger partial charge in [-0.3, -0.25) is 9.78 Å². The fourth-order valence-electron chi connectivity index (χ4n) is 4.99. The first-order valence-corrected chi connectivity index (χ1v) is 13.4. The van der Waals surface area contributed by atoms with E-state index in [0.717, 1.165) is 46.7 Å². The minimum absolute atomic E-state index is 0.0981. The maximum absolute atomic E-state index is 14.9. The van der Waals surface area contributed by atoms with Gasteiger partial charge >= 0.3 is 0 Å². The average molecular weight is 552 g/mol. The molecule has 1 fully saturated rings. The Morgan fingerprint density at radius 2 is 1.83 bits per heavy atom. The van der Waals surface area contributed by atoms with E-state index in [1.807, 2.05) is 45.2 Å². The van der Waals surface area contributed by atoms with Crippen LogP contribution in [-0.2, 0) is 16.8 Å². The third-order valence-corrected chi connectivity index (χ3v) is 7.52. The highest BCUT2D eigenvalue weighted by atomic mass is 19.1. The van der Waals surface area contributed by atoms with Crippen LogP contribution < -0.4 is 5.32 Å². The number of H-pyrrole nitrogens is 1. The predicted molar refractivity (Wildman–Crippen MR) is 155 cm³/mol. The molecule has 1 saturated heterocycles. The standard InChI is InChI=1S/C32H30FN5O3/c1-32(2,3)20-5-6-23(26(33)12-20)31(40)38-30-25(15-39)22(9-11-35-30)21-8-10-34-29-24(21)13-28(37-29)27-7-4-18(14-36-27)19-16-41-17-19/h4-14,19,39H,15-17H2,1-3H3,(H,34,37)(H,35,38,40). The van der Waals surface area contributed by atoms with Crippen molar-refractivity contribution < 1.29 is 19.0 Å². The third kappa shape index (κ3) is 5.10. The van der Waals surface area contributed by atoms with Crippen LogP contribution in [0, 0.1) is 5.82 Å². The van der Waals surface area contributed by atoms with Gasteiger partial charge in [0.05, 0.1) is 36.8 Å². The lowest BCUT2D eigenvalue weighted by atomic mass is 9.86. The van der Waals surface area contributed by atoms with Crippen LogP contribution in [0.4, 0.5) is 10.2 Å². The summed E-state index contributed by atoms with van der Waals surface area (Å²) in [5.41, 5.74) is 5.70. The number of hydrogen-bond donors (Lipinski definition) is 3. The van der Waals surface area contributed by atoms with Crippen LogP contribution in [0.1, 0.15) is 53.7 Å². The highest BCUT2D eigenvalue weighted by Crippen LogP contribution is 2.35. The Hall–Kier alpha value is -4.47. The molecule has 3 N–H and O–H groups in total. The van der Waals surface area contributed by atoms with Crippen molar-refractivity contribution in [3.63, 3.8) is 0 Å². The van der Waals surface area contributed by atoms with Gasteiger partial charge in [-0.1, -0.05) is 32.9 Å². The van der Waals surface area contributed by atoms with Crippen molar-refractivity contribution in [2.24, 2.45) is 0 Å². The van der Waals surface area contributed by atoms with Gasteiger partial charge in [-0.15, -0.1) is 0 Å². The Morgan fingerprint density at radius 3 is 2.49 bits per heavy atom. The summed E-state index contributed by atoms with van der Waals surface area (Å²) in [4.78, 5) is 29.8. The van der Waals surface area contributed by atoms with E-state index < -0.39 is 11.7 Å². The van der Waals surface area contributed by atoms with Crippen LogP contribution in [-0.4, -0.2) is 44.2 Å². The van der Waals surface area contributed by atoms with E-state index >= 15 is 0 Å². The van der Waals surface area contributed by atoms with E-state index in [9.17, 15) is 14.3 Å². The van der Waals surface area contributed by atoms with Gasteiger partial charge in [0, 0.05) is 35.5 Å². The second-order valence-corrected chi connectivity index (χ2v) is 11.3. The summed E-state index contributed by atoms with van der Waals surface area (Å²) in [6.07, 6.45) is 5.11. The lowest BCUT2D eigenvalue weighted by Gasteiger charge is -2.25. The Labute approximate surface area is 236 Å². The largest absolute Gasteiger partial charge is 0.392 e. The molecule has 9 heteroatoms. The van der Waals surface area contributed by atoms with Crippen LogP contribution in [0.15, 0.2) is 67.1 Å². The van der Waals surface area contributed by atoms with Gasteiger partial charge in [0.1, 0.15) is 17.3 Å². The fourth-order valence-corrected chi connectivity index (χ4v) is 4.99. The zero-order valence-corrected chi connectivity index (χ0v) is 23.0. The molecule has 0 aliphatic carbocycles. The molecule has 8 nitrogen and oxygen atoms in total. The molecule has 208 valence electrons. The molecule has 1 aromatic carbocycles. The zero-order chi connectivity index (χ0) is 28.7. The number of aliphatic hydroxyl groups is 1. The molecule has 6 rings (SSSR count). The number of rotatable bonds is 6. The number of aromatic amines is 1. The SMILES string of the molecule is CC(C)(C)c1ccc(C(=O)Nc2nccc(-c3ccnc4[nH]c(-c5ccc(C6COC6)cn5)cc34)c2CO)c(F)c1. The second-order valence-electron chi connectivity index (χ2n) is 11.3. The van der Waals surface area contributed by atoms with Gasteiger partial charge in [0.15, 0.2) is 0 Å². The molecular weight excluding hydrogens is 521 g/mol. The Balaban J connectivity index is 1.33. The quantitative estimate of drug-likeness (QED) is 0.239. The average Bonchev–Trinajstić information content (AvgIpc) is 3.36. The van der Waals surface area contributed by atoms with Crippen LogP contribution in [0.25, 0.3) is 33.5 Å². The first kappa shape index (κ1) is 26.7. The highest BCUT2D eigenvalue weighted by molar-refractivity contribution is 6.05. The maximum atomic E-state index is 14.9. The Bertz CT molecular complexity index is 1750.